The maximum atomic E-state index is 13.2. The second kappa shape index (κ2) is 7.80. The molecule has 0 saturated heterocycles. The fraction of sp³-hybridized carbons (Fsp3) is 0.409. The summed E-state index contributed by atoms with van der Waals surface area (Å²) < 4.78 is 33.4. The van der Waals surface area contributed by atoms with E-state index in [1.807, 2.05) is 12.1 Å². The molecule has 0 radical (unpaired) electrons. The summed E-state index contributed by atoms with van der Waals surface area (Å²) >= 11 is 0. The van der Waals surface area contributed by atoms with Crippen LogP contribution in [0.15, 0.2) is 47.4 Å². The van der Waals surface area contributed by atoms with Gasteiger partial charge in [0.1, 0.15) is 10.6 Å². The predicted octanol–water partition coefficient (Wildman–Crippen LogP) is 3.29. The van der Waals surface area contributed by atoms with E-state index in [4.69, 9.17) is 4.74 Å². The Morgan fingerprint density at radius 2 is 1.90 bits per heavy atom. The summed E-state index contributed by atoms with van der Waals surface area (Å²) in [6.45, 7) is 0. The third-order valence-electron chi connectivity index (χ3n) is 5.72. The zero-order valence-corrected chi connectivity index (χ0v) is 17.5. The van der Waals surface area contributed by atoms with E-state index in [1.54, 1.807) is 24.1 Å². The number of nitrogens with zero attached hydrogens (tertiary/aromatic N) is 1. The Kier molecular flexibility index (Phi) is 5.36. The van der Waals surface area contributed by atoms with Gasteiger partial charge in [0.2, 0.25) is 10.0 Å². The first-order chi connectivity index (χ1) is 13.9. The number of aryl methyl sites for hydroxylation is 1. The zero-order valence-electron chi connectivity index (χ0n) is 16.7. The molecule has 1 N–H and O–H groups in total. The third-order valence-corrected chi connectivity index (χ3v) is 7.27. The van der Waals surface area contributed by atoms with E-state index in [-0.39, 0.29) is 28.6 Å². The van der Waals surface area contributed by atoms with Crippen LogP contribution in [0.5, 0.6) is 5.75 Å². The molecule has 4 rings (SSSR count). The smallest absolute Gasteiger partial charge is 0.254 e. The van der Waals surface area contributed by atoms with Crippen LogP contribution in [-0.2, 0) is 16.4 Å². The number of carbonyl (C=O) groups excluding carboxylic acids is 1. The van der Waals surface area contributed by atoms with Crippen LogP contribution >= 0.6 is 0 Å². The van der Waals surface area contributed by atoms with Crippen LogP contribution in [0.1, 0.15) is 53.2 Å². The van der Waals surface area contributed by atoms with Crippen molar-refractivity contribution < 1.29 is 17.9 Å². The van der Waals surface area contributed by atoms with Gasteiger partial charge in [-0.2, -0.15) is 0 Å². The minimum Gasteiger partial charge on any atom is -0.495 e. The van der Waals surface area contributed by atoms with Crippen LogP contribution in [0.2, 0.25) is 0 Å². The molecule has 2 aromatic rings. The number of fused-ring (bicyclic) bond motifs is 1. The Morgan fingerprint density at radius 3 is 2.62 bits per heavy atom. The lowest BCUT2D eigenvalue weighted by molar-refractivity contribution is 0.0715. The summed E-state index contributed by atoms with van der Waals surface area (Å²) in [4.78, 5) is 15.0. The monoisotopic (exact) mass is 414 g/mol. The molecular weight excluding hydrogens is 388 g/mol. The van der Waals surface area contributed by atoms with Gasteiger partial charge in [-0.3, -0.25) is 4.79 Å². The standard InChI is InChI=1S/C22H26N2O4S/c1-24(19-9-5-7-15-6-3-4-8-18(15)19)22(25)16-10-13-20(28-2)21(14-16)29(26,27)23-17-11-12-17/h3-4,6,8,10,13-14,17,19,23H,5,7,9,11-12H2,1-2H3/t19-/m0/s1. The maximum absolute atomic E-state index is 13.2. The molecule has 1 fully saturated rings. The number of benzene rings is 2. The number of hydrogen-bond donors (Lipinski definition) is 1. The van der Waals surface area contributed by atoms with E-state index in [2.05, 4.69) is 16.9 Å². The van der Waals surface area contributed by atoms with E-state index in [1.165, 1.54) is 24.3 Å². The van der Waals surface area contributed by atoms with Gasteiger partial charge in [-0.25, -0.2) is 13.1 Å². The first-order valence-electron chi connectivity index (χ1n) is 9.96. The van der Waals surface area contributed by atoms with Crippen molar-refractivity contribution in [1.29, 1.82) is 0 Å². The Labute approximate surface area is 171 Å². The molecule has 1 atom stereocenters. The van der Waals surface area contributed by atoms with Crippen molar-refractivity contribution in [2.75, 3.05) is 14.2 Å². The van der Waals surface area contributed by atoms with Gasteiger partial charge in [0.25, 0.3) is 5.91 Å². The number of carbonyl (C=O) groups is 1. The van der Waals surface area contributed by atoms with Crippen molar-refractivity contribution in [1.82, 2.24) is 9.62 Å². The second-order valence-electron chi connectivity index (χ2n) is 7.78. The Bertz CT molecular complexity index is 1030. The summed E-state index contributed by atoms with van der Waals surface area (Å²) in [5, 5.41) is 0. The number of rotatable bonds is 6. The molecule has 0 aliphatic heterocycles. The maximum Gasteiger partial charge on any atom is 0.254 e. The van der Waals surface area contributed by atoms with Gasteiger partial charge in [-0.05, 0) is 61.4 Å². The van der Waals surface area contributed by atoms with Crippen molar-refractivity contribution in [3.8, 4) is 5.75 Å². The highest BCUT2D eigenvalue weighted by Gasteiger charge is 2.32. The van der Waals surface area contributed by atoms with Crippen molar-refractivity contribution >= 4 is 15.9 Å². The predicted molar refractivity (Wildman–Crippen MR) is 111 cm³/mol. The minimum absolute atomic E-state index is 0.00944. The van der Waals surface area contributed by atoms with Crippen molar-refractivity contribution in [3.05, 3.63) is 59.2 Å². The molecule has 2 aromatic carbocycles. The van der Waals surface area contributed by atoms with Crippen molar-refractivity contribution in [2.24, 2.45) is 0 Å². The average molecular weight is 415 g/mol. The van der Waals surface area contributed by atoms with Gasteiger partial charge in [0.15, 0.2) is 0 Å². The highest BCUT2D eigenvalue weighted by molar-refractivity contribution is 7.89. The SMILES string of the molecule is COc1ccc(C(=O)N(C)[C@H]2CCCc3ccccc32)cc1S(=O)(=O)NC1CC1. The topological polar surface area (TPSA) is 75.7 Å². The fourth-order valence-corrected chi connectivity index (χ4v) is 5.48. The molecule has 29 heavy (non-hydrogen) atoms. The number of nitrogens with one attached hydrogen (secondary N) is 1. The summed E-state index contributed by atoms with van der Waals surface area (Å²) in [5.74, 6) is 0.0394. The van der Waals surface area contributed by atoms with E-state index in [0.29, 0.717) is 5.56 Å². The number of hydrogen-bond acceptors (Lipinski definition) is 4. The number of sulfonamides is 1. The summed E-state index contributed by atoms with van der Waals surface area (Å²) in [6.07, 6.45) is 4.61. The Balaban J connectivity index is 1.64. The first kappa shape index (κ1) is 19.9. The van der Waals surface area contributed by atoms with Crippen LogP contribution < -0.4 is 9.46 Å². The van der Waals surface area contributed by atoms with Gasteiger partial charge in [0, 0.05) is 18.7 Å². The third kappa shape index (κ3) is 4.02. The van der Waals surface area contributed by atoms with Gasteiger partial charge in [-0.15, -0.1) is 0 Å². The summed E-state index contributed by atoms with van der Waals surface area (Å²) in [5.41, 5.74) is 2.79. The van der Waals surface area contributed by atoms with Crippen LogP contribution in [0.25, 0.3) is 0 Å². The molecule has 0 bridgehead atoms. The van der Waals surface area contributed by atoms with Gasteiger partial charge in [0.05, 0.1) is 13.2 Å². The lowest BCUT2D eigenvalue weighted by Crippen LogP contribution is -2.33. The van der Waals surface area contributed by atoms with Crippen LogP contribution in [0.4, 0.5) is 0 Å². The average Bonchev–Trinajstić information content (AvgIpc) is 3.55. The summed E-state index contributed by atoms with van der Waals surface area (Å²) in [7, 11) is -0.524. The van der Waals surface area contributed by atoms with E-state index < -0.39 is 10.0 Å². The van der Waals surface area contributed by atoms with E-state index >= 15 is 0 Å². The molecule has 1 saturated carbocycles. The largest absolute Gasteiger partial charge is 0.495 e. The second-order valence-corrected chi connectivity index (χ2v) is 9.47. The lowest BCUT2D eigenvalue weighted by Gasteiger charge is -2.33. The lowest BCUT2D eigenvalue weighted by atomic mass is 9.87. The molecule has 0 unspecified atom stereocenters. The number of amides is 1. The van der Waals surface area contributed by atoms with Crippen molar-refractivity contribution in [3.63, 3.8) is 0 Å². The molecule has 7 heteroatoms. The molecule has 2 aliphatic rings. The zero-order chi connectivity index (χ0) is 20.6. The van der Waals surface area contributed by atoms with Gasteiger partial charge in [-0.1, -0.05) is 24.3 Å². The molecule has 6 nitrogen and oxygen atoms in total. The quantitative estimate of drug-likeness (QED) is 0.787. The molecular formula is C22H26N2O4S. The van der Waals surface area contributed by atoms with Crippen LogP contribution in [0.3, 0.4) is 0 Å². The van der Waals surface area contributed by atoms with Crippen LogP contribution in [-0.4, -0.2) is 39.4 Å². The molecule has 154 valence electrons. The Hall–Kier alpha value is -2.38. The van der Waals surface area contributed by atoms with Gasteiger partial charge >= 0.3 is 0 Å². The van der Waals surface area contributed by atoms with Gasteiger partial charge < -0.3 is 9.64 Å². The molecule has 0 spiro atoms. The van der Waals surface area contributed by atoms with E-state index in [9.17, 15) is 13.2 Å². The minimum atomic E-state index is -3.74. The van der Waals surface area contributed by atoms with Crippen molar-refractivity contribution in [2.45, 2.75) is 49.1 Å². The Morgan fingerprint density at radius 1 is 1.14 bits per heavy atom. The first-order valence-corrected chi connectivity index (χ1v) is 11.4. The molecule has 0 heterocycles. The van der Waals surface area contributed by atoms with Crippen LogP contribution in [0, 0.1) is 0 Å². The summed E-state index contributed by atoms with van der Waals surface area (Å²) in [6, 6.07) is 12.8. The molecule has 1 amide bonds. The highest BCUT2D eigenvalue weighted by Crippen LogP contribution is 2.35. The number of ether oxygens (including phenoxy) is 1. The fourth-order valence-electron chi connectivity index (χ4n) is 3.98. The van der Waals surface area contributed by atoms with E-state index in [0.717, 1.165) is 32.1 Å². The normalized spacial score (nSPS) is 18.8. The highest BCUT2D eigenvalue weighted by atomic mass is 32.2. The molecule has 0 aromatic heterocycles. The molecule has 2 aliphatic carbocycles. The number of methoxy groups -OCH3 is 1.